The van der Waals surface area contributed by atoms with E-state index in [1.54, 1.807) is 12.1 Å². The summed E-state index contributed by atoms with van der Waals surface area (Å²) < 4.78 is 0. The van der Waals surface area contributed by atoms with Gasteiger partial charge in [-0.25, -0.2) is 0 Å². The smallest absolute Gasteiger partial charge is 0.115 e. The van der Waals surface area contributed by atoms with Gasteiger partial charge in [-0.1, -0.05) is 30.3 Å². The Hall–Kier alpha value is -2.26. The number of H-pyrrole nitrogens is 1. The largest absolute Gasteiger partial charge is 0.508 e. The number of nitrogens with one attached hydrogen (secondary N) is 2. The summed E-state index contributed by atoms with van der Waals surface area (Å²) in [6.45, 7) is 3.89. The van der Waals surface area contributed by atoms with Crippen molar-refractivity contribution in [2.45, 2.75) is 19.9 Å². The fourth-order valence-corrected chi connectivity index (χ4v) is 2.72. The molecular weight excluding hydrogens is 260 g/mol. The average Bonchev–Trinajstić information content (AvgIpc) is 2.81. The first kappa shape index (κ1) is 13.7. The number of aromatic hydroxyl groups is 1. The average molecular weight is 280 g/mol. The van der Waals surface area contributed by atoms with Crippen LogP contribution in [-0.4, -0.2) is 16.6 Å². The number of hydrogen-bond acceptors (Lipinski definition) is 2. The molecule has 108 valence electrons. The van der Waals surface area contributed by atoms with Crippen molar-refractivity contribution in [1.82, 2.24) is 10.3 Å². The summed E-state index contributed by atoms with van der Waals surface area (Å²) >= 11 is 0. The third kappa shape index (κ3) is 3.09. The van der Waals surface area contributed by atoms with Crippen molar-refractivity contribution < 1.29 is 5.11 Å². The molecule has 0 aliphatic carbocycles. The van der Waals surface area contributed by atoms with E-state index in [0.717, 1.165) is 19.5 Å². The lowest BCUT2D eigenvalue weighted by Gasteiger charge is -2.06. The number of aromatic nitrogens is 1. The number of phenolic OH excluding ortho intramolecular Hbond substituents is 1. The van der Waals surface area contributed by atoms with Gasteiger partial charge < -0.3 is 15.4 Å². The second-order valence-electron chi connectivity index (χ2n) is 5.37. The Morgan fingerprint density at radius 1 is 1.05 bits per heavy atom. The van der Waals surface area contributed by atoms with Crippen molar-refractivity contribution in [2.24, 2.45) is 0 Å². The lowest BCUT2D eigenvalue weighted by molar-refractivity contribution is 0.475. The summed E-state index contributed by atoms with van der Waals surface area (Å²) in [6, 6.07) is 15.8. The topological polar surface area (TPSA) is 48.0 Å². The molecule has 3 N–H and O–H groups in total. The number of aromatic amines is 1. The summed E-state index contributed by atoms with van der Waals surface area (Å²) in [4.78, 5) is 3.44. The van der Waals surface area contributed by atoms with Gasteiger partial charge in [0.2, 0.25) is 0 Å². The van der Waals surface area contributed by atoms with Crippen LogP contribution in [0.5, 0.6) is 5.75 Å². The van der Waals surface area contributed by atoms with Crippen LogP contribution in [0, 0.1) is 6.92 Å². The Balaban J connectivity index is 1.59. The Kier molecular flexibility index (Phi) is 3.93. The summed E-state index contributed by atoms with van der Waals surface area (Å²) in [5.74, 6) is 0.313. The van der Waals surface area contributed by atoms with E-state index in [0.29, 0.717) is 5.75 Å². The zero-order valence-electron chi connectivity index (χ0n) is 12.2. The van der Waals surface area contributed by atoms with Gasteiger partial charge in [0.15, 0.2) is 0 Å². The Morgan fingerprint density at radius 3 is 2.62 bits per heavy atom. The van der Waals surface area contributed by atoms with Crippen LogP contribution in [0.25, 0.3) is 10.9 Å². The van der Waals surface area contributed by atoms with Crippen molar-refractivity contribution >= 4 is 10.9 Å². The Morgan fingerprint density at radius 2 is 1.81 bits per heavy atom. The SMILES string of the molecule is Cc1[nH]c2ccccc2c1CCNCc1ccc(O)cc1. The van der Waals surface area contributed by atoms with Gasteiger partial charge in [0, 0.05) is 23.1 Å². The highest BCUT2D eigenvalue weighted by atomic mass is 16.3. The van der Waals surface area contributed by atoms with Gasteiger partial charge in [-0.2, -0.15) is 0 Å². The first-order valence-electron chi connectivity index (χ1n) is 7.29. The fourth-order valence-electron chi connectivity index (χ4n) is 2.72. The molecule has 0 amide bonds. The van der Waals surface area contributed by atoms with Crippen LogP contribution in [-0.2, 0) is 13.0 Å². The van der Waals surface area contributed by atoms with E-state index in [1.165, 1.54) is 27.7 Å². The van der Waals surface area contributed by atoms with Gasteiger partial charge in [0.1, 0.15) is 5.75 Å². The molecule has 3 aromatic rings. The summed E-state index contributed by atoms with van der Waals surface area (Å²) in [6.07, 6.45) is 1.01. The van der Waals surface area contributed by atoms with E-state index in [4.69, 9.17) is 0 Å². The molecule has 3 heteroatoms. The van der Waals surface area contributed by atoms with Crippen LogP contribution in [0.3, 0.4) is 0 Å². The van der Waals surface area contributed by atoms with E-state index in [-0.39, 0.29) is 0 Å². The van der Waals surface area contributed by atoms with Gasteiger partial charge in [-0.15, -0.1) is 0 Å². The lowest BCUT2D eigenvalue weighted by atomic mass is 10.1. The quantitative estimate of drug-likeness (QED) is 0.626. The molecule has 0 atom stereocenters. The Bertz CT molecular complexity index is 729. The molecule has 1 aromatic heterocycles. The number of hydrogen-bond donors (Lipinski definition) is 3. The minimum absolute atomic E-state index is 0.313. The van der Waals surface area contributed by atoms with Gasteiger partial charge in [0.05, 0.1) is 0 Å². The first-order chi connectivity index (χ1) is 10.2. The standard InChI is InChI=1S/C18H20N2O/c1-13-16(17-4-2-3-5-18(17)20-13)10-11-19-12-14-6-8-15(21)9-7-14/h2-9,19-21H,10-12H2,1H3. The van der Waals surface area contributed by atoms with Gasteiger partial charge in [0.25, 0.3) is 0 Å². The minimum Gasteiger partial charge on any atom is -0.508 e. The first-order valence-corrected chi connectivity index (χ1v) is 7.29. The molecule has 1 heterocycles. The molecule has 0 saturated heterocycles. The predicted octanol–water partition coefficient (Wildman–Crippen LogP) is 3.51. The van der Waals surface area contributed by atoms with Crippen molar-refractivity contribution in [3.63, 3.8) is 0 Å². The summed E-state index contributed by atoms with van der Waals surface area (Å²) in [7, 11) is 0. The molecule has 21 heavy (non-hydrogen) atoms. The fraction of sp³-hybridized carbons (Fsp3) is 0.222. The van der Waals surface area contributed by atoms with E-state index in [2.05, 4.69) is 41.5 Å². The summed E-state index contributed by atoms with van der Waals surface area (Å²) in [5.41, 5.74) is 5.04. The number of para-hydroxylation sites is 1. The van der Waals surface area contributed by atoms with E-state index in [9.17, 15) is 5.11 Å². The Labute approximate surface area is 124 Å². The number of benzene rings is 2. The second kappa shape index (κ2) is 6.02. The van der Waals surface area contributed by atoms with Crippen molar-refractivity contribution in [1.29, 1.82) is 0 Å². The third-order valence-electron chi connectivity index (χ3n) is 3.84. The van der Waals surface area contributed by atoms with Crippen LogP contribution in [0.2, 0.25) is 0 Å². The van der Waals surface area contributed by atoms with Crippen molar-refractivity contribution in [3.8, 4) is 5.75 Å². The highest BCUT2D eigenvalue weighted by Crippen LogP contribution is 2.21. The normalized spacial score (nSPS) is 11.1. The maximum absolute atomic E-state index is 9.26. The van der Waals surface area contributed by atoms with Gasteiger partial charge >= 0.3 is 0 Å². The molecule has 0 radical (unpaired) electrons. The summed E-state index contributed by atoms with van der Waals surface area (Å²) in [5, 5.41) is 14.0. The zero-order chi connectivity index (χ0) is 14.7. The van der Waals surface area contributed by atoms with Crippen LogP contribution in [0.1, 0.15) is 16.8 Å². The molecular formula is C18H20N2O. The molecule has 0 bridgehead atoms. The highest BCUT2D eigenvalue weighted by molar-refractivity contribution is 5.84. The highest BCUT2D eigenvalue weighted by Gasteiger charge is 2.06. The number of rotatable bonds is 5. The van der Waals surface area contributed by atoms with E-state index >= 15 is 0 Å². The van der Waals surface area contributed by atoms with Crippen LogP contribution in [0.4, 0.5) is 0 Å². The van der Waals surface area contributed by atoms with Crippen LogP contribution in [0.15, 0.2) is 48.5 Å². The van der Waals surface area contributed by atoms with Gasteiger partial charge in [-0.05, 0) is 49.2 Å². The minimum atomic E-state index is 0.313. The van der Waals surface area contributed by atoms with Crippen molar-refractivity contribution in [3.05, 3.63) is 65.4 Å². The molecule has 3 nitrogen and oxygen atoms in total. The number of phenols is 1. The molecule has 3 rings (SSSR count). The lowest BCUT2D eigenvalue weighted by Crippen LogP contribution is -2.16. The van der Waals surface area contributed by atoms with E-state index < -0.39 is 0 Å². The zero-order valence-corrected chi connectivity index (χ0v) is 12.2. The molecule has 0 fully saturated rings. The monoisotopic (exact) mass is 280 g/mol. The van der Waals surface area contributed by atoms with Crippen molar-refractivity contribution in [2.75, 3.05) is 6.54 Å². The molecule has 0 spiro atoms. The maximum Gasteiger partial charge on any atom is 0.115 e. The molecule has 0 unspecified atom stereocenters. The number of aryl methyl sites for hydroxylation is 1. The molecule has 0 aliphatic rings. The van der Waals surface area contributed by atoms with Gasteiger partial charge in [-0.3, -0.25) is 0 Å². The maximum atomic E-state index is 9.26. The van der Waals surface area contributed by atoms with E-state index in [1.807, 2.05) is 12.1 Å². The number of fused-ring (bicyclic) bond motifs is 1. The molecule has 0 aliphatic heterocycles. The third-order valence-corrected chi connectivity index (χ3v) is 3.84. The van der Waals surface area contributed by atoms with Crippen LogP contribution >= 0.6 is 0 Å². The molecule has 2 aromatic carbocycles. The predicted molar refractivity (Wildman–Crippen MR) is 86.6 cm³/mol. The van der Waals surface area contributed by atoms with Crippen LogP contribution < -0.4 is 5.32 Å². The second-order valence-corrected chi connectivity index (χ2v) is 5.37. The molecule has 0 saturated carbocycles.